The molecule has 0 aliphatic carbocycles. The predicted molar refractivity (Wildman–Crippen MR) is 99.1 cm³/mol. The molecule has 6 nitrogen and oxygen atoms in total. The maximum atomic E-state index is 12.2. The molecule has 0 fully saturated rings. The van der Waals surface area contributed by atoms with Gasteiger partial charge in [-0.2, -0.15) is 8.78 Å². The highest BCUT2D eigenvalue weighted by atomic mass is 79.9. The Hall–Kier alpha value is -2.68. The molecule has 0 bridgehead atoms. The van der Waals surface area contributed by atoms with E-state index in [2.05, 4.69) is 31.3 Å². The van der Waals surface area contributed by atoms with Gasteiger partial charge in [0.25, 0.3) is 0 Å². The zero-order valence-electron chi connectivity index (χ0n) is 14.1. The first-order valence-electron chi connectivity index (χ1n) is 7.95. The number of carbonyl (C=O) groups excluding carboxylic acids is 2. The predicted octanol–water partition coefficient (Wildman–Crippen LogP) is 3.47. The molecule has 0 heterocycles. The van der Waals surface area contributed by atoms with Crippen LogP contribution in [0.1, 0.15) is 23.6 Å². The standard InChI is InChI=1S/C18H18BrF2N3O3/c19-13-3-1-2-12(8-13)15(24-18(22)26)9-16(25)23-10-11-4-6-14(7-5-11)27-17(20)21/h1-8,15,17H,9-10H2,(H,23,25)(H3,22,24,26). The van der Waals surface area contributed by atoms with Crippen molar-refractivity contribution in [3.8, 4) is 5.75 Å². The summed E-state index contributed by atoms with van der Waals surface area (Å²) in [7, 11) is 0. The van der Waals surface area contributed by atoms with Gasteiger partial charge in [-0.15, -0.1) is 0 Å². The number of hydrogen-bond donors (Lipinski definition) is 3. The molecule has 4 N–H and O–H groups in total. The molecule has 0 radical (unpaired) electrons. The van der Waals surface area contributed by atoms with Crippen molar-refractivity contribution in [2.45, 2.75) is 25.6 Å². The van der Waals surface area contributed by atoms with E-state index in [0.717, 1.165) is 10.0 Å². The monoisotopic (exact) mass is 441 g/mol. The van der Waals surface area contributed by atoms with Crippen molar-refractivity contribution in [2.75, 3.05) is 0 Å². The molecule has 0 saturated heterocycles. The summed E-state index contributed by atoms with van der Waals surface area (Å²) in [5.74, 6) is -0.262. The molecule has 0 aliphatic rings. The van der Waals surface area contributed by atoms with Gasteiger partial charge < -0.3 is 21.1 Å². The summed E-state index contributed by atoms with van der Waals surface area (Å²) >= 11 is 3.34. The fourth-order valence-electron chi connectivity index (χ4n) is 2.39. The van der Waals surface area contributed by atoms with Crippen LogP contribution in [0.4, 0.5) is 13.6 Å². The van der Waals surface area contributed by atoms with Crippen molar-refractivity contribution in [2.24, 2.45) is 5.73 Å². The fraction of sp³-hybridized carbons (Fsp3) is 0.222. The number of amides is 3. The number of alkyl halides is 2. The smallest absolute Gasteiger partial charge is 0.387 e. The van der Waals surface area contributed by atoms with Crippen LogP contribution < -0.4 is 21.1 Å². The minimum Gasteiger partial charge on any atom is -0.435 e. The number of nitrogens with one attached hydrogen (secondary N) is 2. The zero-order valence-corrected chi connectivity index (χ0v) is 15.7. The van der Waals surface area contributed by atoms with E-state index in [-0.39, 0.29) is 24.6 Å². The Morgan fingerprint density at radius 1 is 1.15 bits per heavy atom. The van der Waals surface area contributed by atoms with Crippen LogP contribution in [0.2, 0.25) is 0 Å². The SMILES string of the molecule is NC(=O)NC(CC(=O)NCc1ccc(OC(F)F)cc1)c1cccc(Br)c1. The Kier molecular flexibility index (Phi) is 7.54. The first kappa shape index (κ1) is 20.6. The minimum atomic E-state index is -2.89. The van der Waals surface area contributed by atoms with Gasteiger partial charge in [0.2, 0.25) is 5.91 Å². The normalized spacial score (nSPS) is 11.7. The van der Waals surface area contributed by atoms with Gasteiger partial charge in [-0.1, -0.05) is 40.2 Å². The lowest BCUT2D eigenvalue weighted by Gasteiger charge is -2.18. The van der Waals surface area contributed by atoms with Crippen LogP contribution in [-0.4, -0.2) is 18.5 Å². The maximum Gasteiger partial charge on any atom is 0.387 e. The topological polar surface area (TPSA) is 93.5 Å². The van der Waals surface area contributed by atoms with E-state index in [1.54, 1.807) is 30.3 Å². The largest absolute Gasteiger partial charge is 0.435 e. The highest BCUT2D eigenvalue weighted by Gasteiger charge is 2.17. The van der Waals surface area contributed by atoms with E-state index in [4.69, 9.17) is 5.73 Å². The third-order valence-electron chi connectivity index (χ3n) is 3.60. The summed E-state index contributed by atoms with van der Waals surface area (Å²) in [6.07, 6.45) is -0.00797. The van der Waals surface area contributed by atoms with Crippen LogP contribution in [0.25, 0.3) is 0 Å². The summed E-state index contributed by atoms with van der Waals surface area (Å²) in [6, 6.07) is 11.8. The molecule has 2 aromatic carbocycles. The molecule has 1 atom stereocenters. The lowest BCUT2D eigenvalue weighted by atomic mass is 10.0. The van der Waals surface area contributed by atoms with Crippen LogP contribution in [0, 0.1) is 0 Å². The molecule has 144 valence electrons. The van der Waals surface area contributed by atoms with E-state index in [1.807, 2.05) is 6.07 Å². The van der Waals surface area contributed by atoms with Crippen LogP contribution >= 0.6 is 15.9 Å². The van der Waals surface area contributed by atoms with E-state index in [0.29, 0.717) is 5.56 Å². The van der Waals surface area contributed by atoms with Crippen LogP contribution in [-0.2, 0) is 11.3 Å². The lowest BCUT2D eigenvalue weighted by Crippen LogP contribution is -2.36. The third-order valence-corrected chi connectivity index (χ3v) is 4.09. The fourth-order valence-corrected chi connectivity index (χ4v) is 2.81. The van der Waals surface area contributed by atoms with Crippen LogP contribution in [0.5, 0.6) is 5.75 Å². The Labute approximate surface area is 163 Å². The zero-order chi connectivity index (χ0) is 19.8. The molecule has 0 aliphatic heterocycles. The van der Waals surface area contributed by atoms with Gasteiger partial charge in [0.15, 0.2) is 0 Å². The van der Waals surface area contributed by atoms with Gasteiger partial charge in [0.1, 0.15) is 5.75 Å². The summed E-state index contributed by atoms with van der Waals surface area (Å²) < 4.78 is 29.3. The number of rotatable bonds is 8. The molecule has 0 spiro atoms. The number of hydrogen-bond acceptors (Lipinski definition) is 3. The van der Waals surface area contributed by atoms with Crippen LogP contribution in [0.15, 0.2) is 53.0 Å². The molecule has 27 heavy (non-hydrogen) atoms. The highest BCUT2D eigenvalue weighted by molar-refractivity contribution is 9.10. The molecular formula is C18H18BrF2N3O3. The molecule has 0 saturated carbocycles. The number of halogens is 3. The first-order valence-corrected chi connectivity index (χ1v) is 8.74. The number of benzene rings is 2. The third kappa shape index (κ3) is 7.22. The molecule has 3 amide bonds. The Morgan fingerprint density at radius 3 is 2.44 bits per heavy atom. The first-order chi connectivity index (χ1) is 12.8. The van der Waals surface area contributed by atoms with Gasteiger partial charge in [0.05, 0.1) is 12.5 Å². The van der Waals surface area contributed by atoms with E-state index >= 15 is 0 Å². The highest BCUT2D eigenvalue weighted by Crippen LogP contribution is 2.21. The molecule has 1 unspecified atom stereocenters. The number of primary amides is 1. The van der Waals surface area contributed by atoms with Gasteiger partial charge in [-0.25, -0.2) is 4.79 Å². The van der Waals surface area contributed by atoms with Gasteiger partial charge in [0, 0.05) is 11.0 Å². The minimum absolute atomic E-state index is 0.00797. The second-order valence-electron chi connectivity index (χ2n) is 5.62. The number of nitrogens with two attached hydrogens (primary N) is 1. The van der Waals surface area contributed by atoms with Gasteiger partial charge in [-0.05, 0) is 35.4 Å². The summed E-state index contributed by atoms with van der Waals surface area (Å²) in [5, 5.41) is 5.26. The lowest BCUT2D eigenvalue weighted by molar-refractivity contribution is -0.121. The van der Waals surface area contributed by atoms with E-state index in [9.17, 15) is 18.4 Å². The van der Waals surface area contributed by atoms with Crippen molar-refractivity contribution < 1.29 is 23.1 Å². The van der Waals surface area contributed by atoms with E-state index in [1.165, 1.54) is 12.1 Å². The van der Waals surface area contributed by atoms with Gasteiger partial charge in [-0.3, -0.25) is 4.79 Å². The second kappa shape index (κ2) is 9.86. The molecule has 9 heteroatoms. The summed E-state index contributed by atoms with van der Waals surface area (Å²) in [5.41, 5.74) is 6.64. The molecule has 0 aromatic heterocycles. The van der Waals surface area contributed by atoms with Crippen molar-refractivity contribution in [1.82, 2.24) is 10.6 Å². The molecule has 2 aromatic rings. The van der Waals surface area contributed by atoms with Gasteiger partial charge >= 0.3 is 12.6 Å². The van der Waals surface area contributed by atoms with E-state index < -0.39 is 18.7 Å². The summed E-state index contributed by atoms with van der Waals surface area (Å²) in [6.45, 7) is -2.68. The van der Waals surface area contributed by atoms with Crippen molar-refractivity contribution in [3.63, 3.8) is 0 Å². The van der Waals surface area contributed by atoms with Crippen molar-refractivity contribution in [3.05, 3.63) is 64.1 Å². The van der Waals surface area contributed by atoms with Crippen molar-refractivity contribution >= 4 is 27.9 Å². The Bertz CT molecular complexity index is 788. The summed E-state index contributed by atoms with van der Waals surface area (Å²) in [4.78, 5) is 23.5. The van der Waals surface area contributed by atoms with Crippen LogP contribution in [0.3, 0.4) is 0 Å². The number of carbonyl (C=O) groups is 2. The Balaban J connectivity index is 1.94. The average Bonchev–Trinajstić information content (AvgIpc) is 2.60. The van der Waals surface area contributed by atoms with Crippen molar-refractivity contribution in [1.29, 1.82) is 0 Å². The maximum absolute atomic E-state index is 12.2. The quantitative estimate of drug-likeness (QED) is 0.585. The molecular weight excluding hydrogens is 424 g/mol. The number of urea groups is 1. The second-order valence-corrected chi connectivity index (χ2v) is 6.54. The Morgan fingerprint density at radius 2 is 1.85 bits per heavy atom. The molecule has 2 rings (SSSR count). The average molecular weight is 442 g/mol. The number of ether oxygens (including phenoxy) is 1.